The van der Waals surface area contributed by atoms with Gasteiger partial charge in [-0.2, -0.15) is 0 Å². The monoisotopic (exact) mass is 266 g/mol. The zero-order valence-corrected chi connectivity index (χ0v) is 12.4. The second kappa shape index (κ2) is 7.36. The van der Waals surface area contributed by atoms with Crippen molar-refractivity contribution in [3.8, 4) is 5.75 Å². The molecule has 1 aromatic rings. The van der Waals surface area contributed by atoms with Gasteiger partial charge in [0, 0.05) is 30.9 Å². The molecule has 4 nitrogen and oxygen atoms in total. The first kappa shape index (κ1) is 15.8. The van der Waals surface area contributed by atoms with E-state index in [-0.39, 0.29) is 12.1 Å². The number of methoxy groups -OCH3 is 1. The number of ether oxygens (including phenoxy) is 1. The molecule has 0 aliphatic heterocycles. The topological polar surface area (TPSA) is 44.7 Å². The number of likely N-dealkylation sites (N-methyl/N-ethyl adjacent to an activating group) is 1. The van der Waals surface area contributed by atoms with Crippen molar-refractivity contribution in [2.24, 2.45) is 0 Å². The van der Waals surface area contributed by atoms with E-state index in [1.807, 2.05) is 18.2 Å². The molecule has 2 N–H and O–H groups in total. The normalized spacial score (nSPS) is 13.9. The Balaban J connectivity index is 2.61. The summed E-state index contributed by atoms with van der Waals surface area (Å²) in [5.74, 6) is 0.862. The predicted molar refractivity (Wildman–Crippen MR) is 80.0 cm³/mol. The van der Waals surface area contributed by atoms with E-state index in [0.717, 1.165) is 30.9 Å². The second-order valence-electron chi connectivity index (χ2n) is 5.12. The van der Waals surface area contributed by atoms with Crippen molar-refractivity contribution in [1.82, 2.24) is 5.32 Å². The highest BCUT2D eigenvalue weighted by molar-refractivity contribution is 5.50. The van der Waals surface area contributed by atoms with E-state index < -0.39 is 0 Å². The molecule has 108 valence electrons. The van der Waals surface area contributed by atoms with E-state index in [1.54, 1.807) is 7.11 Å². The third kappa shape index (κ3) is 4.73. The van der Waals surface area contributed by atoms with Crippen LogP contribution in [0.4, 0.5) is 5.69 Å². The molecule has 1 atom stereocenters. The summed E-state index contributed by atoms with van der Waals surface area (Å²) in [5.41, 5.74) is 0.901. The number of rotatable bonds is 8. The minimum atomic E-state index is -0.220. The molecule has 19 heavy (non-hydrogen) atoms. The summed E-state index contributed by atoms with van der Waals surface area (Å²) < 4.78 is 5.23. The first-order valence-corrected chi connectivity index (χ1v) is 6.75. The maximum atomic E-state index is 9.48. The SMILES string of the molecule is CCNC(C)(CO)CCN(C)c1cccc(OC)c1. The number of hydrogen-bond donors (Lipinski definition) is 2. The highest BCUT2D eigenvalue weighted by Gasteiger charge is 2.22. The van der Waals surface area contributed by atoms with Gasteiger partial charge >= 0.3 is 0 Å². The van der Waals surface area contributed by atoms with Gasteiger partial charge in [0.05, 0.1) is 13.7 Å². The molecule has 0 radical (unpaired) electrons. The van der Waals surface area contributed by atoms with Crippen molar-refractivity contribution in [2.45, 2.75) is 25.8 Å². The molecule has 1 unspecified atom stereocenters. The quantitative estimate of drug-likeness (QED) is 0.754. The molecule has 0 spiro atoms. The van der Waals surface area contributed by atoms with Crippen LogP contribution in [0.2, 0.25) is 0 Å². The van der Waals surface area contributed by atoms with Crippen molar-refractivity contribution >= 4 is 5.69 Å². The number of anilines is 1. The number of aliphatic hydroxyl groups is 1. The fourth-order valence-electron chi connectivity index (χ4n) is 2.04. The van der Waals surface area contributed by atoms with Gasteiger partial charge < -0.3 is 20.1 Å². The van der Waals surface area contributed by atoms with Crippen molar-refractivity contribution in [1.29, 1.82) is 0 Å². The van der Waals surface area contributed by atoms with Crippen LogP contribution in [0.5, 0.6) is 5.75 Å². The third-order valence-corrected chi connectivity index (χ3v) is 3.45. The summed E-state index contributed by atoms with van der Waals surface area (Å²) in [7, 11) is 3.73. The number of benzene rings is 1. The average Bonchev–Trinajstić information content (AvgIpc) is 2.45. The van der Waals surface area contributed by atoms with Gasteiger partial charge in [0.25, 0.3) is 0 Å². The van der Waals surface area contributed by atoms with Crippen molar-refractivity contribution in [2.75, 3.05) is 38.8 Å². The highest BCUT2D eigenvalue weighted by Crippen LogP contribution is 2.21. The van der Waals surface area contributed by atoms with Crippen LogP contribution >= 0.6 is 0 Å². The summed E-state index contributed by atoms with van der Waals surface area (Å²) in [4.78, 5) is 2.17. The van der Waals surface area contributed by atoms with Crippen molar-refractivity contribution in [3.05, 3.63) is 24.3 Å². The smallest absolute Gasteiger partial charge is 0.120 e. The second-order valence-corrected chi connectivity index (χ2v) is 5.12. The Morgan fingerprint density at radius 2 is 2.16 bits per heavy atom. The minimum absolute atomic E-state index is 0.146. The molecule has 0 aliphatic carbocycles. The molecule has 0 bridgehead atoms. The summed E-state index contributed by atoms with van der Waals surface area (Å²) in [6.45, 7) is 5.99. The molecule has 0 amide bonds. The molecule has 0 fully saturated rings. The lowest BCUT2D eigenvalue weighted by atomic mass is 9.98. The van der Waals surface area contributed by atoms with Gasteiger partial charge in [-0.15, -0.1) is 0 Å². The van der Waals surface area contributed by atoms with Gasteiger partial charge in [0.15, 0.2) is 0 Å². The molecular weight excluding hydrogens is 240 g/mol. The van der Waals surface area contributed by atoms with Gasteiger partial charge in [-0.25, -0.2) is 0 Å². The average molecular weight is 266 g/mol. The van der Waals surface area contributed by atoms with Crippen molar-refractivity contribution in [3.63, 3.8) is 0 Å². The number of hydrogen-bond acceptors (Lipinski definition) is 4. The van der Waals surface area contributed by atoms with Crippen LogP contribution < -0.4 is 15.0 Å². The Labute approximate surface area is 116 Å². The van der Waals surface area contributed by atoms with Crippen LogP contribution in [0.3, 0.4) is 0 Å². The zero-order valence-electron chi connectivity index (χ0n) is 12.4. The Kier molecular flexibility index (Phi) is 6.12. The fraction of sp³-hybridized carbons (Fsp3) is 0.600. The van der Waals surface area contributed by atoms with Gasteiger partial charge in [0.1, 0.15) is 5.75 Å². The third-order valence-electron chi connectivity index (χ3n) is 3.45. The highest BCUT2D eigenvalue weighted by atomic mass is 16.5. The number of nitrogens with one attached hydrogen (secondary N) is 1. The molecule has 0 saturated heterocycles. The van der Waals surface area contributed by atoms with Crippen molar-refractivity contribution < 1.29 is 9.84 Å². The summed E-state index contributed by atoms with van der Waals surface area (Å²) in [6, 6.07) is 8.00. The molecule has 0 aliphatic rings. The standard InChI is InChI=1S/C15H26N2O2/c1-5-16-15(2,12-18)9-10-17(3)13-7-6-8-14(11-13)19-4/h6-8,11,16,18H,5,9-10,12H2,1-4H3. The van der Waals surface area contributed by atoms with Gasteiger partial charge in [-0.1, -0.05) is 13.0 Å². The molecule has 0 heterocycles. The van der Waals surface area contributed by atoms with E-state index in [0.29, 0.717) is 0 Å². The van der Waals surface area contributed by atoms with Crippen LogP contribution in [0, 0.1) is 0 Å². The molecule has 1 aromatic carbocycles. The molecule has 0 saturated carbocycles. The maximum absolute atomic E-state index is 9.48. The lowest BCUT2D eigenvalue weighted by Gasteiger charge is -2.31. The van der Waals surface area contributed by atoms with Crippen LogP contribution in [-0.4, -0.2) is 44.5 Å². The Bertz CT molecular complexity index is 384. The van der Waals surface area contributed by atoms with E-state index in [2.05, 4.69) is 37.2 Å². The first-order chi connectivity index (χ1) is 9.04. The molecule has 1 rings (SSSR count). The lowest BCUT2D eigenvalue weighted by molar-refractivity contribution is 0.169. The zero-order chi connectivity index (χ0) is 14.3. The maximum Gasteiger partial charge on any atom is 0.120 e. The summed E-state index contributed by atoms with van der Waals surface area (Å²) >= 11 is 0. The number of nitrogens with zero attached hydrogens (tertiary/aromatic N) is 1. The minimum Gasteiger partial charge on any atom is -0.497 e. The fourth-order valence-corrected chi connectivity index (χ4v) is 2.04. The van der Waals surface area contributed by atoms with Crippen LogP contribution in [0.15, 0.2) is 24.3 Å². The predicted octanol–water partition coefficient (Wildman–Crippen LogP) is 1.88. The molecular formula is C15H26N2O2. The van der Waals surface area contributed by atoms with Crippen LogP contribution in [0.1, 0.15) is 20.3 Å². The van der Waals surface area contributed by atoms with Crippen LogP contribution in [0.25, 0.3) is 0 Å². The number of aliphatic hydroxyl groups excluding tert-OH is 1. The Hall–Kier alpha value is -1.26. The van der Waals surface area contributed by atoms with E-state index in [9.17, 15) is 5.11 Å². The van der Waals surface area contributed by atoms with Gasteiger partial charge in [0.2, 0.25) is 0 Å². The summed E-state index contributed by atoms with van der Waals surface area (Å²) in [6.07, 6.45) is 0.880. The largest absolute Gasteiger partial charge is 0.497 e. The molecule has 4 heteroatoms. The Morgan fingerprint density at radius 3 is 2.74 bits per heavy atom. The Morgan fingerprint density at radius 1 is 1.42 bits per heavy atom. The van der Waals surface area contributed by atoms with Crippen LogP contribution in [-0.2, 0) is 0 Å². The van der Waals surface area contributed by atoms with Gasteiger partial charge in [-0.05, 0) is 32.0 Å². The van der Waals surface area contributed by atoms with E-state index in [1.165, 1.54) is 0 Å². The first-order valence-electron chi connectivity index (χ1n) is 6.75. The van der Waals surface area contributed by atoms with Gasteiger partial charge in [-0.3, -0.25) is 0 Å². The van der Waals surface area contributed by atoms with E-state index in [4.69, 9.17) is 4.74 Å². The lowest BCUT2D eigenvalue weighted by Crippen LogP contribution is -2.47. The molecule has 0 aromatic heterocycles. The van der Waals surface area contributed by atoms with E-state index >= 15 is 0 Å². The summed E-state index contributed by atoms with van der Waals surface area (Å²) in [5, 5.41) is 12.8.